The summed E-state index contributed by atoms with van der Waals surface area (Å²) in [6, 6.07) is 4.20. The molecular weight excluding hydrogens is 210 g/mol. The largest absolute Gasteiger partial charge is 0.389 e. The summed E-state index contributed by atoms with van der Waals surface area (Å²) in [5.74, 6) is 0.454. The molecule has 1 N–H and O–H groups in total. The molecule has 0 aliphatic heterocycles. The van der Waals surface area contributed by atoms with Gasteiger partial charge in [0.25, 0.3) is 0 Å². The first-order valence-corrected chi connectivity index (χ1v) is 6.84. The van der Waals surface area contributed by atoms with Crippen molar-refractivity contribution in [3.05, 3.63) is 29.6 Å². The van der Waals surface area contributed by atoms with Crippen LogP contribution in [0.4, 0.5) is 0 Å². The van der Waals surface area contributed by atoms with Gasteiger partial charge in [0.2, 0.25) is 0 Å². The van der Waals surface area contributed by atoms with Gasteiger partial charge in [-0.05, 0) is 36.8 Å². The molecule has 0 radical (unpaired) electrons. The summed E-state index contributed by atoms with van der Waals surface area (Å²) in [5, 5.41) is 10.7. The number of aliphatic hydroxyl groups is 1. The molecule has 0 amide bonds. The number of hydrogen-bond acceptors (Lipinski definition) is 2. The number of pyridine rings is 1. The zero-order valence-corrected chi connectivity index (χ0v) is 10.9. The van der Waals surface area contributed by atoms with E-state index in [2.05, 4.69) is 31.0 Å². The second-order valence-corrected chi connectivity index (χ2v) is 5.29. The Morgan fingerprint density at radius 3 is 2.82 bits per heavy atom. The molecule has 0 spiro atoms. The van der Waals surface area contributed by atoms with Gasteiger partial charge in [-0.15, -0.1) is 0 Å². The minimum atomic E-state index is -0.504. The molecule has 0 bridgehead atoms. The van der Waals surface area contributed by atoms with E-state index in [-0.39, 0.29) is 0 Å². The standard InChI is InChI=1S/C15H23NO/c1-3-12-7-8-14(16-11-12)10-15(17)9-5-6-13(15)4-2/h7-8,11,13,17H,3-6,9-10H2,1-2H3. The van der Waals surface area contributed by atoms with Gasteiger partial charge < -0.3 is 5.11 Å². The summed E-state index contributed by atoms with van der Waals surface area (Å²) in [6.45, 7) is 4.31. The molecule has 94 valence electrons. The van der Waals surface area contributed by atoms with Crippen molar-refractivity contribution in [1.82, 2.24) is 4.98 Å². The average Bonchev–Trinajstić information content (AvgIpc) is 2.71. The van der Waals surface area contributed by atoms with Gasteiger partial charge in [-0.2, -0.15) is 0 Å². The van der Waals surface area contributed by atoms with E-state index in [9.17, 15) is 5.11 Å². The Labute approximate surface area is 104 Å². The van der Waals surface area contributed by atoms with Crippen LogP contribution in [0.2, 0.25) is 0 Å². The lowest BCUT2D eigenvalue weighted by Gasteiger charge is -2.29. The van der Waals surface area contributed by atoms with Crippen molar-refractivity contribution in [1.29, 1.82) is 0 Å². The van der Waals surface area contributed by atoms with Crippen LogP contribution in [-0.2, 0) is 12.8 Å². The predicted octanol–water partition coefficient (Wildman–Crippen LogP) is 3.13. The van der Waals surface area contributed by atoms with Gasteiger partial charge in [-0.25, -0.2) is 0 Å². The zero-order chi connectivity index (χ0) is 12.3. The summed E-state index contributed by atoms with van der Waals surface area (Å²) in [7, 11) is 0. The monoisotopic (exact) mass is 233 g/mol. The molecule has 0 saturated heterocycles. The van der Waals surface area contributed by atoms with Crippen molar-refractivity contribution >= 4 is 0 Å². The topological polar surface area (TPSA) is 33.1 Å². The van der Waals surface area contributed by atoms with Crippen LogP contribution in [-0.4, -0.2) is 15.7 Å². The molecule has 1 aromatic heterocycles. The summed E-state index contributed by atoms with van der Waals surface area (Å²) in [4.78, 5) is 4.47. The highest BCUT2D eigenvalue weighted by atomic mass is 16.3. The van der Waals surface area contributed by atoms with Crippen LogP contribution in [0.3, 0.4) is 0 Å². The van der Waals surface area contributed by atoms with Gasteiger partial charge in [0.1, 0.15) is 0 Å². The number of hydrogen-bond donors (Lipinski definition) is 1. The maximum atomic E-state index is 10.7. The summed E-state index contributed by atoms with van der Waals surface area (Å²) >= 11 is 0. The van der Waals surface area contributed by atoms with Crippen molar-refractivity contribution in [2.24, 2.45) is 5.92 Å². The van der Waals surface area contributed by atoms with Crippen molar-refractivity contribution in [3.63, 3.8) is 0 Å². The van der Waals surface area contributed by atoms with Gasteiger partial charge in [-0.1, -0.05) is 32.8 Å². The second kappa shape index (κ2) is 5.18. The van der Waals surface area contributed by atoms with Gasteiger partial charge >= 0.3 is 0 Å². The highest BCUT2D eigenvalue weighted by molar-refractivity contribution is 5.16. The highest BCUT2D eigenvalue weighted by Crippen LogP contribution is 2.39. The fourth-order valence-corrected chi connectivity index (χ4v) is 3.03. The molecule has 2 nitrogen and oxygen atoms in total. The van der Waals surface area contributed by atoms with Crippen molar-refractivity contribution in [2.45, 2.75) is 58.0 Å². The minimum absolute atomic E-state index is 0.454. The van der Waals surface area contributed by atoms with E-state index < -0.39 is 5.60 Å². The fourth-order valence-electron chi connectivity index (χ4n) is 3.03. The smallest absolute Gasteiger partial charge is 0.0730 e. The normalized spacial score (nSPS) is 28.5. The lowest BCUT2D eigenvalue weighted by molar-refractivity contribution is 0.000632. The van der Waals surface area contributed by atoms with E-state index in [1.54, 1.807) is 0 Å². The van der Waals surface area contributed by atoms with Gasteiger partial charge in [0, 0.05) is 18.3 Å². The van der Waals surface area contributed by atoms with E-state index in [4.69, 9.17) is 0 Å². The molecule has 1 aliphatic rings. The Morgan fingerprint density at radius 1 is 1.41 bits per heavy atom. The second-order valence-electron chi connectivity index (χ2n) is 5.29. The Balaban J connectivity index is 2.08. The van der Waals surface area contributed by atoms with E-state index in [0.29, 0.717) is 5.92 Å². The molecule has 1 heterocycles. The SMILES string of the molecule is CCc1ccc(CC2(O)CCCC2CC)nc1. The average molecular weight is 233 g/mol. The molecule has 2 heteroatoms. The number of rotatable bonds is 4. The maximum Gasteiger partial charge on any atom is 0.0730 e. The minimum Gasteiger partial charge on any atom is -0.389 e. The summed E-state index contributed by atoms with van der Waals surface area (Å²) < 4.78 is 0. The molecule has 1 fully saturated rings. The van der Waals surface area contributed by atoms with Crippen LogP contribution in [0.1, 0.15) is 50.8 Å². The Hall–Kier alpha value is -0.890. The van der Waals surface area contributed by atoms with Crippen LogP contribution in [0, 0.1) is 5.92 Å². The van der Waals surface area contributed by atoms with Gasteiger partial charge in [-0.3, -0.25) is 4.98 Å². The third-order valence-corrected chi connectivity index (χ3v) is 4.20. The molecule has 2 atom stereocenters. The first-order chi connectivity index (χ1) is 8.18. The third-order valence-electron chi connectivity index (χ3n) is 4.20. The molecule has 0 aromatic carbocycles. The predicted molar refractivity (Wildman–Crippen MR) is 69.9 cm³/mol. The highest BCUT2D eigenvalue weighted by Gasteiger charge is 2.40. The van der Waals surface area contributed by atoms with Crippen molar-refractivity contribution < 1.29 is 5.11 Å². The van der Waals surface area contributed by atoms with Crippen LogP contribution in [0.25, 0.3) is 0 Å². The van der Waals surface area contributed by atoms with Crippen LogP contribution < -0.4 is 0 Å². The molecule has 1 aromatic rings. The fraction of sp³-hybridized carbons (Fsp3) is 0.667. The lowest BCUT2D eigenvalue weighted by atomic mass is 9.84. The van der Waals surface area contributed by atoms with Gasteiger partial charge in [0.05, 0.1) is 5.60 Å². The third kappa shape index (κ3) is 2.68. The van der Waals surface area contributed by atoms with Crippen molar-refractivity contribution in [3.8, 4) is 0 Å². The molecular formula is C15H23NO. The number of aromatic nitrogens is 1. The number of nitrogens with zero attached hydrogens (tertiary/aromatic N) is 1. The van der Waals surface area contributed by atoms with E-state index in [1.807, 2.05) is 6.20 Å². The Kier molecular flexibility index (Phi) is 3.82. The van der Waals surface area contributed by atoms with Crippen LogP contribution in [0.5, 0.6) is 0 Å². The zero-order valence-electron chi connectivity index (χ0n) is 10.9. The lowest BCUT2D eigenvalue weighted by Crippen LogP contribution is -2.35. The first kappa shape index (κ1) is 12.6. The molecule has 17 heavy (non-hydrogen) atoms. The quantitative estimate of drug-likeness (QED) is 0.866. The Morgan fingerprint density at radius 2 is 2.24 bits per heavy atom. The van der Waals surface area contributed by atoms with Crippen molar-refractivity contribution in [2.75, 3.05) is 0 Å². The molecule has 2 rings (SSSR count). The van der Waals surface area contributed by atoms with Gasteiger partial charge in [0.15, 0.2) is 0 Å². The summed E-state index contributed by atoms with van der Waals surface area (Å²) in [6.07, 6.45) is 8.01. The van der Waals surface area contributed by atoms with Crippen LogP contribution in [0.15, 0.2) is 18.3 Å². The van der Waals surface area contributed by atoms with E-state index in [0.717, 1.165) is 37.8 Å². The molecule has 1 saturated carbocycles. The maximum absolute atomic E-state index is 10.7. The summed E-state index contributed by atoms with van der Waals surface area (Å²) in [5.41, 5.74) is 1.79. The molecule has 1 aliphatic carbocycles. The first-order valence-electron chi connectivity index (χ1n) is 6.84. The van der Waals surface area contributed by atoms with E-state index >= 15 is 0 Å². The Bertz CT molecular complexity index is 360. The number of aryl methyl sites for hydroxylation is 1. The van der Waals surface area contributed by atoms with Crippen LogP contribution >= 0.6 is 0 Å². The van der Waals surface area contributed by atoms with E-state index in [1.165, 1.54) is 12.0 Å². The molecule has 2 unspecified atom stereocenters.